The third-order valence-corrected chi connectivity index (χ3v) is 4.99. The third kappa shape index (κ3) is 1.47. The van der Waals surface area contributed by atoms with Crippen molar-refractivity contribution in [1.29, 1.82) is 0 Å². The Morgan fingerprint density at radius 2 is 2.00 bits per heavy atom. The Labute approximate surface area is 77.1 Å². The Morgan fingerprint density at radius 1 is 1.40 bits per heavy atom. The molecule has 1 N–H and O–H groups in total. The highest BCUT2D eigenvalue weighted by molar-refractivity contribution is 14.1. The van der Waals surface area contributed by atoms with Crippen molar-refractivity contribution in [2.24, 2.45) is 5.41 Å². The van der Waals surface area contributed by atoms with E-state index in [4.69, 9.17) is 0 Å². The molecule has 0 spiro atoms. The zero-order chi connectivity index (χ0) is 7.83. The lowest BCUT2D eigenvalue weighted by molar-refractivity contribution is 0.316. The van der Waals surface area contributed by atoms with E-state index < -0.39 is 0 Å². The van der Waals surface area contributed by atoms with E-state index >= 15 is 0 Å². The van der Waals surface area contributed by atoms with Gasteiger partial charge in [-0.3, -0.25) is 0 Å². The summed E-state index contributed by atoms with van der Waals surface area (Å²) in [6, 6.07) is 0. The molecule has 0 aromatic carbocycles. The minimum absolute atomic E-state index is 0.442. The molecule has 1 rings (SSSR count). The Balaban J connectivity index is 2.67. The van der Waals surface area contributed by atoms with Crippen molar-refractivity contribution in [2.75, 3.05) is 13.1 Å². The van der Waals surface area contributed by atoms with Crippen molar-refractivity contribution in [3.8, 4) is 0 Å². The predicted molar refractivity (Wildman–Crippen MR) is 53.7 cm³/mol. The first-order valence-electron chi connectivity index (χ1n) is 3.85. The summed E-state index contributed by atoms with van der Waals surface area (Å²) in [5, 5.41) is 3.41. The summed E-state index contributed by atoms with van der Waals surface area (Å²) in [7, 11) is 0. The fraction of sp³-hybridized carbons (Fsp3) is 1.00. The van der Waals surface area contributed by atoms with Crippen molar-refractivity contribution < 1.29 is 0 Å². The van der Waals surface area contributed by atoms with Crippen LogP contribution in [0, 0.1) is 5.41 Å². The monoisotopic (exact) mass is 253 g/mol. The van der Waals surface area contributed by atoms with Gasteiger partial charge in [0.2, 0.25) is 0 Å². The van der Waals surface area contributed by atoms with Crippen LogP contribution in [0.2, 0.25) is 0 Å². The van der Waals surface area contributed by atoms with Crippen LogP contribution in [0.1, 0.15) is 27.2 Å². The van der Waals surface area contributed by atoms with Gasteiger partial charge in [0.1, 0.15) is 0 Å². The van der Waals surface area contributed by atoms with Crippen molar-refractivity contribution in [1.82, 2.24) is 5.32 Å². The van der Waals surface area contributed by atoms with Gasteiger partial charge in [-0.2, -0.15) is 0 Å². The summed E-state index contributed by atoms with van der Waals surface area (Å²) >= 11 is 2.61. The lowest BCUT2D eigenvalue weighted by Crippen LogP contribution is -2.38. The van der Waals surface area contributed by atoms with Crippen molar-refractivity contribution in [2.45, 2.75) is 30.6 Å². The maximum atomic E-state index is 3.41. The third-order valence-electron chi connectivity index (χ3n) is 2.45. The van der Waals surface area contributed by atoms with Gasteiger partial charge in [0.15, 0.2) is 0 Å². The molecule has 1 aliphatic rings. The first-order chi connectivity index (χ1) is 4.46. The molecule has 0 saturated carbocycles. The Kier molecular flexibility index (Phi) is 2.31. The Hall–Kier alpha value is 0.690. The standard InChI is InChI=1S/C8H16IN/c1-7(2,3)8(9)4-5-10-6-8/h10H,4-6H2,1-3H3. The quantitative estimate of drug-likeness (QED) is 0.515. The lowest BCUT2D eigenvalue weighted by atomic mass is 9.80. The SMILES string of the molecule is CC(C)(C)C1(I)CCNC1. The lowest BCUT2D eigenvalue weighted by Gasteiger charge is -2.35. The molecule has 1 aliphatic heterocycles. The highest BCUT2D eigenvalue weighted by Gasteiger charge is 2.41. The largest absolute Gasteiger partial charge is 0.315 e. The van der Waals surface area contributed by atoms with Crippen LogP contribution in [0.15, 0.2) is 0 Å². The fourth-order valence-electron chi connectivity index (χ4n) is 1.30. The van der Waals surface area contributed by atoms with Gasteiger partial charge < -0.3 is 5.32 Å². The van der Waals surface area contributed by atoms with E-state index in [0.717, 1.165) is 0 Å². The first-order valence-corrected chi connectivity index (χ1v) is 4.93. The van der Waals surface area contributed by atoms with E-state index in [1.54, 1.807) is 0 Å². The van der Waals surface area contributed by atoms with Gasteiger partial charge in [0.25, 0.3) is 0 Å². The molecule has 0 amide bonds. The van der Waals surface area contributed by atoms with E-state index in [9.17, 15) is 0 Å². The molecule has 1 heterocycles. The van der Waals surface area contributed by atoms with Crippen LogP contribution in [-0.4, -0.2) is 16.5 Å². The number of nitrogens with one attached hydrogen (secondary N) is 1. The Bertz CT molecular complexity index is 120. The molecule has 1 unspecified atom stereocenters. The summed E-state index contributed by atoms with van der Waals surface area (Å²) < 4.78 is 0.491. The van der Waals surface area contributed by atoms with Gasteiger partial charge in [0, 0.05) is 9.97 Å². The molecule has 1 nitrogen and oxygen atoms in total. The minimum atomic E-state index is 0.442. The highest BCUT2D eigenvalue weighted by Crippen LogP contribution is 2.42. The number of halogens is 1. The molecule has 0 aliphatic carbocycles. The molecule has 1 saturated heterocycles. The topological polar surface area (TPSA) is 12.0 Å². The van der Waals surface area contributed by atoms with Crippen LogP contribution in [0.3, 0.4) is 0 Å². The number of hydrogen-bond donors (Lipinski definition) is 1. The van der Waals surface area contributed by atoms with E-state index in [2.05, 4.69) is 48.7 Å². The van der Waals surface area contributed by atoms with E-state index in [-0.39, 0.29) is 0 Å². The van der Waals surface area contributed by atoms with Gasteiger partial charge in [0.05, 0.1) is 0 Å². The average molecular weight is 253 g/mol. The number of alkyl halides is 1. The highest BCUT2D eigenvalue weighted by atomic mass is 127. The second-order valence-corrected chi connectivity index (χ2v) is 6.21. The van der Waals surface area contributed by atoms with Crippen molar-refractivity contribution >= 4 is 22.6 Å². The van der Waals surface area contributed by atoms with Gasteiger partial charge in [-0.1, -0.05) is 43.4 Å². The van der Waals surface area contributed by atoms with E-state index in [1.165, 1.54) is 19.5 Å². The summed E-state index contributed by atoms with van der Waals surface area (Å²) in [5.41, 5.74) is 0.442. The molecule has 60 valence electrons. The molecule has 0 radical (unpaired) electrons. The van der Waals surface area contributed by atoms with Gasteiger partial charge in [-0.25, -0.2) is 0 Å². The second-order valence-electron chi connectivity index (χ2n) is 4.14. The van der Waals surface area contributed by atoms with Crippen LogP contribution >= 0.6 is 22.6 Å². The van der Waals surface area contributed by atoms with Crippen LogP contribution in [0.4, 0.5) is 0 Å². The normalized spacial score (nSPS) is 34.8. The van der Waals surface area contributed by atoms with Crippen LogP contribution in [0.25, 0.3) is 0 Å². The summed E-state index contributed by atoms with van der Waals surface area (Å²) in [4.78, 5) is 0. The zero-order valence-electron chi connectivity index (χ0n) is 7.00. The fourth-order valence-corrected chi connectivity index (χ4v) is 1.84. The second kappa shape index (κ2) is 2.63. The molecule has 10 heavy (non-hydrogen) atoms. The first kappa shape index (κ1) is 8.78. The minimum Gasteiger partial charge on any atom is -0.315 e. The van der Waals surface area contributed by atoms with Gasteiger partial charge in [-0.15, -0.1) is 0 Å². The average Bonchev–Trinajstić information content (AvgIpc) is 2.13. The molecule has 1 atom stereocenters. The molecular formula is C8H16IN. The molecule has 0 aromatic heterocycles. The predicted octanol–water partition coefficient (Wildman–Crippen LogP) is 2.20. The molecule has 0 aromatic rings. The van der Waals surface area contributed by atoms with Gasteiger partial charge in [-0.05, 0) is 18.4 Å². The van der Waals surface area contributed by atoms with Gasteiger partial charge >= 0.3 is 0 Å². The maximum absolute atomic E-state index is 3.41. The summed E-state index contributed by atoms with van der Waals surface area (Å²) in [5.74, 6) is 0. The van der Waals surface area contributed by atoms with Crippen LogP contribution in [-0.2, 0) is 0 Å². The summed E-state index contributed by atoms with van der Waals surface area (Å²) in [6.07, 6.45) is 1.32. The summed E-state index contributed by atoms with van der Waals surface area (Å²) in [6.45, 7) is 9.35. The van der Waals surface area contributed by atoms with Crippen LogP contribution in [0.5, 0.6) is 0 Å². The smallest absolute Gasteiger partial charge is 0.0406 e. The number of hydrogen-bond acceptors (Lipinski definition) is 1. The van der Waals surface area contributed by atoms with E-state index in [0.29, 0.717) is 8.84 Å². The Morgan fingerprint density at radius 3 is 2.20 bits per heavy atom. The molecule has 2 heteroatoms. The van der Waals surface area contributed by atoms with Crippen molar-refractivity contribution in [3.05, 3.63) is 0 Å². The van der Waals surface area contributed by atoms with Crippen molar-refractivity contribution in [3.63, 3.8) is 0 Å². The van der Waals surface area contributed by atoms with Crippen LogP contribution < -0.4 is 5.32 Å². The maximum Gasteiger partial charge on any atom is 0.0406 e. The molecular weight excluding hydrogens is 237 g/mol. The zero-order valence-corrected chi connectivity index (χ0v) is 9.16. The number of rotatable bonds is 0. The molecule has 0 bridgehead atoms. The van der Waals surface area contributed by atoms with E-state index in [1.807, 2.05) is 0 Å². The molecule has 1 fully saturated rings.